The highest BCUT2D eigenvalue weighted by Gasteiger charge is 2.26. The van der Waals surface area contributed by atoms with Crippen LogP contribution in [0.3, 0.4) is 0 Å². The van der Waals surface area contributed by atoms with Gasteiger partial charge in [0.2, 0.25) is 5.91 Å². The summed E-state index contributed by atoms with van der Waals surface area (Å²) in [6.45, 7) is 4.87. The number of rotatable bonds is 6. The Morgan fingerprint density at radius 3 is 2.24 bits per heavy atom. The number of nitrogens with two attached hydrogens (primary N) is 1. The third-order valence-electron chi connectivity index (χ3n) is 2.37. The van der Waals surface area contributed by atoms with Gasteiger partial charge < -0.3 is 21.5 Å². The normalized spacial score (nSPS) is 12.6. The Morgan fingerprint density at radius 2 is 1.88 bits per heavy atom. The minimum Gasteiger partial charge on any atom is -0.480 e. The smallest absolute Gasteiger partial charge is 0.326 e. The topological polar surface area (TPSA) is 122 Å². The van der Waals surface area contributed by atoms with Crippen molar-refractivity contribution in [3.8, 4) is 0 Å². The molecule has 5 N–H and O–H groups in total. The fourth-order valence-electron chi connectivity index (χ4n) is 0.936. The molecule has 7 nitrogen and oxygen atoms in total. The molecule has 0 aromatic rings. The summed E-state index contributed by atoms with van der Waals surface area (Å²) in [6.07, 6.45) is 0.280. The Hall–Kier alpha value is -1.79. The Labute approximate surface area is 99.7 Å². The lowest BCUT2D eigenvalue weighted by Gasteiger charge is -2.21. The molecule has 0 spiro atoms. The number of hydrogen-bond donors (Lipinski definition) is 4. The van der Waals surface area contributed by atoms with Crippen LogP contribution >= 0.6 is 0 Å². The number of carbonyl (C=O) groups excluding carboxylic acids is 2. The van der Waals surface area contributed by atoms with Crippen LogP contribution in [0.1, 0.15) is 27.2 Å². The molecule has 0 aromatic heterocycles. The predicted molar refractivity (Wildman–Crippen MR) is 61.2 cm³/mol. The molecule has 7 heteroatoms. The number of carbonyl (C=O) groups is 3. The second-order valence-corrected chi connectivity index (χ2v) is 4.37. The van der Waals surface area contributed by atoms with E-state index in [1.54, 1.807) is 20.8 Å². The SMILES string of the molecule is CC[C@H](NC(=O)NCC(C)(C)C(N)=O)C(=O)O. The van der Waals surface area contributed by atoms with Gasteiger partial charge in [-0.15, -0.1) is 0 Å². The zero-order valence-electron chi connectivity index (χ0n) is 10.2. The summed E-state index contributed by atoms with van der Waals surface area (Å²) in [4.78, 5) is 33.0. The van der Waals surface area contributed by atoms with Crippen LogP contribution in [0.5, 0.6) is 0 Å². The second-order valence-electron chi connectivity index (χ2n) is 4.37. The molecule has 0 unspecified atom stereocenters. The first kappa shape index (κ1) is 15.2. The first-order chi connectivity index (χ1) is 7.70. The van der Waals surface area contributed by atoms with Crippen molar-refractivity contribution in [3.63, 3.8) is 0 Å². The second kappa shape index (κ2) is 6.07. The molecular formula is C10H19N3O4. The molecule has 3 amide bonds. The molecule has 0 saturated heterocycles. The van der Waals surface area contributed by atoms with Crippen LogP contribution in [0.25, 0.3) is 0 Å². The minimum atomic E-state index is -1.10. The summed E-state index contributed by atoms with van der Waals surface area (Å²) in [7, 11) is 0. The first-order valence-electron chi connectivity index (χ1n) is 5.27. The van der Waals surface area contributed by atoms with Crippen molar-refractivity contribution in [1.82, 2.24) is 10.6 Å². The molecule has 17 heavy (non-hydrogen) atoms. The molecular weight excluding hydrogens is 226 g/mol. The van der Waals surface area contributed by atoms with E-state index in [1.165, 1.54) is 0 Å². The zero-order valence-corrected chi connectivity index (χ0v) is 10.2. The maximum absolute atomic E-state index is 11.3. The molecule has 0 fully saturated rings. The summed E-state index contributed by atoms with van der Waals surface area (Å²) in [5.74, 6) is -1.64. The van der Waals surface area contributed by atoms with Crippen LogP contribution in [-0.4, -0.2) is 35.6 Å². The summed E-state index contributed by atoms with van der Waals surface area (Å²) < 4.78 is 0. The largest absolute Gasteiger partial charge is 0.480 e. The summed E-state index contributed by atoms with van der Waals surface area (Å²) >= 11 is 0. The fourth-order valence-corrected chi connectivity index (χ4v) is 0.936. The van der Waals surface area contributed by atoms with Gasteiger partial charge in [0.15, 0.2) is 0 Å². The predicted octanol–water partition coefficient (Wildman–Crippen LogP) is -0.340. The highest BCUT2D eigenvalue weighted by atomic mass is 16.4. The number of primary amides is 1. The van der Waals surface area contributed by atoms with Crippen molar-refractivity contribution in [2.75, 3.05) is 6.54 Å². The number of nitrogens with one attached hydrogen (secondary N) is 2. The molecule has 0 aliphatic heterocycles. The Kier molecular flexibility index (Phi) is 5.43. The lowest BCUT2D eigenvalue weighted by atomic mass is 9.93. The van der Waals surface area contributed by atoms with Gasteiger partial charge in [0.05, 0.1) is 5.41 Å². The maximum atomic E-state index is 11.3. The Balaban J connectivity index is 4.20. The van der Waals surface area contributed by atoms with Crippen molar-refractivity contribution < 1.29 is 19.5 Å². The Bertz CT molecular complexity index is 315. The van der Waals surface area contributed by atoms with Crippen molar-refractivity contribution in [3.05, 3.63) is 0 Å². The number of carboxylic acid groups (broad SMARTS) is 1. The van der Waals surface area contributed by atoms with Crippen molar-refractivity contribution in [2.24, 2.45) is 11.1 Å². The maximum Gasteiger partial charge on any atom is 0.326 e. The highest BCUT2D eigenvalue weighted by molar-refractivity contribution is 5.84. The van der Waals surface area contributed by atoms with Gasteiger partial charge in [-0.3, -0.25) is 4.79 Å². The van der Waals surface area contributed by atoms with Crippen molar-refractivity contribution in [2.45, 2.75) is 33.2 Å². The highest BCUT2D eigenvalue weighted by Crippen LogP contribution is 2.11. The molecule has 0 radical (unpaired) electrons. The molecule has 0 aromatic carbocycles. The Morgan fingerprint density at radius 1 is 1.35 bits per heavy atom. The third kappa shape index (κ3) is 5.19. The molecule has 0 saturated carbocycles. The van der Waals surface area contributed by atoms with E-state index in [0.29, 0.717) is 0 Å². The van der Waals surface area contributed by atoms with Gasteiger partial charge in [0, 0.05) is 6.54 Å². The zero-order chi connectivity index (χ0) is 13.6. The number of hydrogen-bond acceptors (Lipinski definition) is 3. The lowest BCUT2D eigenvalue weighted by Crippen LogP contribution is -2.49. The standard InChI is InChI=1S/C10H19N3O4/c1-4-6(7(14)15)13-9(17)12-5-10(2,3)8(11)16/h6H,4-5H2,1-3H3,(H2,11,16)(H,14,15)(H2,12,13,17)/t6-/m0/s1. The van der Waals surface area contributed by atoms with Crippen LogP contribution in [0, 0.1) is 5.41 Å². The molecule has 0 bridgehead atoms. The van der Waals surface area contributed by atoms with E-state index in [1.807, 2.05) is 0 Å². The van der Waals surface area contributed by atoms with E-state index >= 15 is 0 Å². The molecule has 1 atom stereocenters. The van der Waals surface area contributed by atoms with Gasteiger partial charge in [-0.05, 0) is 20.3 Å². The number of amides is 3. The average Bonchev–Trinajstić information content (AvgIpc) is 2.22. The number of aliphatic carboxylic acids is 1. The van der Waals surface area contributed by atoms with E-state index < -0.39 is 29.4 Å². The van der Waals surface area contributed by atoms with Crippen LogP contribution in [0.4, 0.5) is 4.79 Å². The van der Waals surface area contributed by atoms with E-state index in [4.69, 9.17) is 10.8 Å². The quantitative estimate of drug-likeness (QED) is 0.511. The number of carboxylic acids is 1. The van der Waals surface area contributed by atoms with Gasteiger partial charge in [0.25, 0.3) is 0 Å². The fraction of sp³-hybridized carbons (Fsp3) is 0.700. The first-order valence-corrected chi connectivity index (χ1v) is 5.27. The molecule has 0 rings (SSSR count). The van der Waals surface area contributed by atoms with E-state index in [9.17, 15) is 14.4 Å². The molecule has 98 valence electrons. The molecule has 0 heterocycles. The van der Waals surface area contributed by atoms with Gasteiger partial charge >= 0.3 is 12.0 Å². The van der Waals surface area contributed by atoms with Crippen LogP contribution in [0.15, 0.2) is 0 Å². The monoisotopic (exact) mass is 245 g/mol. The molecule has 0 aliphatic rings. The lowest BCUT2D eigenvalue weighted by molar-refractivity contribution is -0.139. The van der Waals surface area contributed by atoms with Gasteiger partial charge in [0.1, 0.15) is 6.04 Å². The number of urea groups is 1. The minimum absolute atomic E-state index is 0.0459. The summed E-state index contributed by atoms with van der Waals surface area (Å²) in [5, 5.41) is 13.4. The van der Waals surface area contributed by atoms with E-state index in [0.717, 1.165) is 0 Å². The van der Waals surface area contributed by atoms with Crippen molar-refractivity contribution >= 4 is 17.9 Å². The van der Waals surface area contributed by atoms with E-state index in [2.05, 4.69) is 10.6 Å². The van der Waals surface area contributed by atoms with Crippen LogP contribution < -0.4 is 16.4 Å². The van der Waals surface area contributed by atoms with Gasteiger partial charge in [-0.1, -0.05) is 6.92 Å². The molecule has 0 aliphatic carbocycles. The third-order valence-corrected chi connectivity index (χ3v) is 2.37. The van der Waals surface area contributed by atoms with Crippen molar-refractivity contribution in [1.29, 1.82) is 0 Å². The summed E-state index contributed by atoms with van der Waals surface area (Å²) in [6, 6.07) is -1.57. The van der Waals surface area contributed by atoms with Crippen LogP contribution in [-0.2, 0) is 9.59 Å². The summed E-state index contributed by atoms with van der Waals surface area (Å²) in [5.41, 5.74) is 4.25. The van der Waals surface area contributed by atoms with E-state index in [-0.39, 0.29) is 13.0 Å². The van der Waals surface area contributed by atoms with Crippen LogP contribution in [0.2, 0.25) is 0 Å². The van der Waals surface area contributed by atoms with Gasteiger partial charge in [-0.25, -0.2) is 9.59 Å². The van der Waals surface area contributed by atoms with Gasteiger partial charge in [-0.2, -0.15) is 0 Å². The average molecular weight is 245 g/mol.